The lowest BCUT2D eigenvalue weighted by molar-refractivity contribution is -0.131. The van der Waals surface area contributed by atoms with Crippen LogP contribution in [0.1, 0.15) is 25.8 Å². The summed E-state index contributed by atoms with van der Waals surface area (Å²) in [6, 6.07) is 12.1. The van der Waals surface area contributed by atoms with Gasteiger partial charge in [0.05, 0.1) is 5.75 Å². The molecule has 0 aliphatic heterocycles. The molecule has 2 rings (SSSR count). The molecular weight excluding hydrogens is 328 g/mol. The number of hydrogen-bond donors (Lipinski definition) is 3. The van der Waals surface area contributed by atoms with Gasteiger partial charge in [-0.25, -0.2) is 18.6 Å². The highest BCUT2D eigenvalue weighted by atomic mass is 32.2. The number of carbonyl (C=O) groups is 1. The number of rotatable bonds is 7. The van der Waals surface area contributed by atoms with Crippen molar-refractivity contribution in [3.63, 3.8) is 0 Å². The first-order valence-electron chi connectivity index (χ1n) is 7.72. The molecule has 7 heteroatoms. The molecule has 0 radical (unpaired) electrons. The van der Waals surface area contributed by atoms with Crippen LogP contribution < -0.4 is 10.2 Å². The van der Waals surface area contributed by atoms with Gasteiger partial charge >= 0.3 is 0 Å². The fourth-order valence-electron chi connectivity index (χ4n) is 2.56. The van der Waals surface area contributed by atoms with Crippen LogP contribution in [0.5, 0.6) is 0 Å². The summed E-state index contributed by atoms with van der Waals surface area (Å²) >= 11 is 0. The highest BCUT2D eigenvalue weighted by Crippen LogP contribution is 2.17. The highest BCUT2D eigenvalue weighted by molar-refractivity contribution is 7.88. The second kappa shape index (κ2) is 7.74. The fraction of sp³-hybridized carbons (Fsp3) is 0.353. The van der Waals surface area contributed by atoms with Crippen molar-refractivity contribution in [2.45, 2.75) is 32.1 Å². The molecule has 0 bridgehead atoms. The van der Waals surface area contributed by atoms with Gasteiger partial charge in [-0.15, -0.1) is 0 Å². The van der Waals surface area contributed by atoms with Crippen molar-refractivity contribution in [3.05, 3.63) is 48.0 Å². The van der Waals surface area contributed by atoms with Crippen LogP contribution in [0, 0.1) is 5.92 Å². The van der Waals surface area contributed by atoms with E-state index in [0.717, 1.165) is 10.8 Å². The number of carbonyl (C=O) groups excluding carboxylic acids is 1. The van der Waals surface area contributed by atoms with Crippen LogP contribution in [-0.4, -0.2) is 25.6 Å². The first-order chi connectivity index (χ1) is 11.3. The quantitative estimate of drug-likeness (QED) is 0.527. The van der Waals surface area contributed by atoms with Gasteiger partial charge in [0.15, 0.2) is 0 Å². The van der Waals surface area contributed by atoms with Crippen molar-refractivity contribution in [1.29, 1.82) is 0 Å². The van der Waals surface area contributed by atoms with E-state index in [4.69, 9.17) is 5.21 Å². The van der Waals surface area contributed by atoms with E-state index in [-0.39, 0.29) is 11.7 Å². The number of nitrogens with one attached hydrogen (secondary N) is 2. The van der Waals surface area contributed by atoms with Gasteiger partial charge in [-0.3, -0.25) is 10.0 Å². The standard InChI is InChI=1S/C17H22N2O4S/c1-12(2)9-16(17(20)18-21)19-24(22,23)11-13-7-8-14-5-3-4-6-15(14)10-13/h3-8,10,12,16,19,21H,9,11H2,1-2H3,(H,18,20). The van der Waals surface area contributed by atoms with Crippen LogP contribution in [0.2, 0.25) is 0 Å². The number of hydrogen-bond acceptors (Lipinski definition) is 4. The minimum Gasteiger partial charge on any atom is -0.289 e. The summed E-state index contributed by atoms with van der Waals surface area (Å²) < 4.78 is 27.1. The molecule has 2 aromatic carbocycles. The van der Waals surface area contributed by atoms with Crippen molar-refractivity contribution < 1.29 is 18.4 Å². The molecule has 24 heavy (non-hydrogen) atoms. The maximum atomic E-state index is 12.4. The van der Waals surface area contributed by atoms with Crippen molar-refractivity contribution in [3.8, 4) is 0 Å². The molecule has 0 saturated carbocycles. The highest BCUT2D eigenvalue weighted by Gasteiger charge is 2.25. The molecule has 1 atom stereocenters. The third-order valence-corrected chi connectivity index (χ3v) is 4.98. The molecule has 3 N–H and O–H groups in total. The summed E-state index contributed by atoms with van der Waals surface area (Å²) in [7, 11) is -3.73. The minimum absolute atomic E-state index is 0.0932. The van der Waals surface area contributed by atoms with Crippen molar-refractivity contribution in [1.82, 2.24) is 10.2 Å². The van der Waals surface area contributed by atoms with Gasteiger partial charge in [0.25, 0.3) is 5.91 Å². The predicted molar refractivity (Wildman–Crippen MR) is 92.9 cm³/mol. The van der Waals surface area contributed by atoms with E-state index in [0.29, 0.717) is 12.0 Å². The van der Waals surface area contributed by atoms with Crippen LogP contribution >= 0.6 is 0 Å². The fourth-order valence-corrected chi connectivity index (χ4v) is 3.90. The molecule has 0 heterocycles. The van der Waals surface area contributed by atoms with E-state index < -0.39 is 22.0 Å². The summed E-state index contributed by atoms with van der Waals surface area (Å²) in [5, 5.41) is 10.8. The average Bonchev–Trinajstić information content (AvgIpc) is 2.52. The Kier molecular flexibility index (Phi) is 5.93. The van der Waals surface area contributed by atoms with Crippen molar-refractivity contribution >= 4 is 26.7 Å². The Bertz CT molecular complexity index is 818. The Morgan fingerprint density at radius 3 is 2.42 bits per heavy atom. The van der Waals surface area contributed by atoms with Crippen LogP contribution in [0.4, 0.5) is 0 Å². The lowest BCUT2D eigenvalue weighted by Crippen LogP contribution is -2.46. The Morgan fingerprint density at radius 2 is 1.79 bits per heavy atom. The predicted octanol–water partition coefficient (Wildman–Crippen LogP) is 2.18. The maximum Gasteiger partial charge on any atom is 0.261 e. The number of hydroxylamine groups is 1. The Hall–Kier alpha value is -1.96. The Labute approximate surface area is 141 Å². The zero-order valence-electron chi connectivity index (χ0n) is 13.7. The van der Waals surface area contributed by atoms with Gasteiger partial charge in [-0.1, -0.05) is 56.3 Å². The molecule has 6 nitrogen and oxygen atoms in total. The largest absolute Gasteiger partial charge is 0.289 e. The minimum atomic E-state index is -3.73. The lowest BCUT2D eigenvalue weighted by atomic mass is 10.0. The van der Waals surface area contributed by atoms with Crippen LogP contribution in [0.15, 0.2) is 42.5 Å². The molecule has 0 spiro atoms. The molecule has 0 fully saturated rings. The molecular formula is C17H22N2O4S. The summed E-state index contributed by atoms with van der Waals surface area (Å²) in [6.45, 7) is 3.74. The van der Waals surface area contributed by atoms with Gasteiger partial charge in [-0.05, 0) is 28.7 Å². The van der Waals surface area contributed by atoms with E-state index in [9.17, 15) is 13.2 Å². The molecule has 0 aromatic heterocycles. The van der Waals surface area contributed by atoms with Crippen molar-refractivity contribution in [2.24, 2.45) is 5.92 Å². The molecule has 130 valence electrons. The van der Waals surface area contributed by atoms with Crippen LogP contribution in [-0.2, 0) is 20.6 Å². The average molecular weight is 350 g/mol. The number of benzene rings is 2. The topological polar surface area (TPSA) is 95.5 Å². The zero-order chi connectivity index (χ0) is 17.7. The summed E-state index contributed by atoms with van der Waals surface area (Å²) in [5.41, 5.74) is 2.15. The first-order valence-corrected chi connectivity index (χ1v) is 9.37. The number of sulfonamides is 1. The smallest absolute Gasteiger partial charge is 0.261 e. The number of amides is 1. The maximum absolute atomic E-state index is 12.4. The van der Waals surface area contributed by atoms with Crippen LogP contribution in [0.3, 0.4) is 0 Å². The second-order valence-electron chi connectivity index (χ2n) is 6.22. The lowest BCUT2D eigenvalue weighted by Gasteiger charge is -2.18. The van der Waals surface area contributed by atoms with Gasteiger partial charge < -0.3 is 0 Å². The van der Waals surface area contributed by atoms with Crippen molar-refractivity contribution in [2.75, 3.05) is 0 Å². The van der Waals surface area contributed by atoms with Gasteiger partial charge in [0, 0.05) is 0 Å². The van der Waals surface area contributed by atoms with E-state index in [1.807, 2.05) is 50.2 Å². The Balaban J connectivity index is 2.17. The van der Waals surface area contributed by atoms with E-state index >= 15 is 0 Å². The molecule has 0 aliphatic rings. The molecule has 0 saturated heterocycles. The molecule has 1 amide bonds. The SMILES string of the molecule is CC(C)CC(NS(=O)(=O)Cc1ccc2ccccc2c1)C(=O)NO. The summed E-state index contributed by atoms with van der Waals surface area (Å²) in [4.78, 5) is 11.7. The van der Waals surface area contributed by atoms with E-state index in [1.54, 1.807) is 6.07 Å². The molecule has 1 unspecified atom stereocenters. The molecule has 2 aromatic rings. The van der Waals surface area contributed by atoms with E-state index in [2.05, 4.69) is 4.72 Å². The summed E-state index contributed by atoms with van der Waals surface area (Å²) in [6.07, 6.45) is 0.295. The van der Waals surface area contributed by atoms with Gasteiger partial charge in [0.2, 0.25) is 10.0 Å². The van der Waals surface area contributed by atoms with Crippen LogP contribution in [0.25, 0.3) is 10.8 Å². The third kappa shape index (κ3) is 5.02. The van der Waals surface area contributed by atoms with Gasteiger partial charge in [0.1, 0.15) is 6.04 Å². The summed E-state index contributed by atoms with van der Waals surface area (Å²) in [5.74, 6) is -0.896. The first kappa shape index (κ1) is 18.4. The monoisotopic (exact) mass is 350 g/mol. The second-order valence-corrected chi connectivity index (χ2v) is 7.97. The third-order valence-electron chi connectivity index (χ3n) is 3.63. The molecule has 0 aliphatic carbocycles. The normalized spacial score (nSPS) is 13.2. The Morgan fingerprint density at radius 1 is 1.12 bits per heavy atom. The van der Waals surface area contributed by atoms with Gasteiger partial charge in [-0.2, -0.15) is 0 Å². The zero-order valence-corrected chi connectivity index (χ0v) is 14.5. The number of fused-ring (bicyclic) bond motifs is 1. The van der Waals surface area contributed by atoms with E-state index in [1.165, 1.54) is 5.48 Å².